The minimum atomic E-state index is 0.113. The van der Waals surface area contributed by atoms with Crippen LogP contribution in [0.3, 0.4) is 0 Å². The molecule has 0 aromatic carbocycles. The lowest BCUT2D eigenvalue weighted by atomic mass is 10.1. The zero-order valence-corrected chi connectivity index (χ0v) is 11.4. The number of pyridine rings is 1. The summed E-state index contributed by atoms with van der Waals surface area (Å²) in [5, 5.41) is 3.86. The van der Waals surface area contributed by atoms with Crippen LogP contribution in [0.1, 0.15) is 31.7 Å². The lowest BCUT2D eigenvalue weighted by Gasteiger charge is -2.00. The summed E-state index contributed by atoms with van der Waals surface area (Å²) in [6, 6.07) is 3.78. The number of hydrogen-bond donors (Lipinski definition) is 0. The zero-order valence-electron chi connectivity index (χ0n) is 11.4. The first-order chi connectivity index (χ1) is 9.04. The summed E-state index contributed by atoms with van der Waals surface area (Å²) in [5.74, 6) is 1.23. The molecule has 19 heavy (non-hydrogen) atoms. The Kier molecular flexibility index (Phi) is 4.04. The maximum absolute atomic E-state index is 11.7. The van der Waals surface area contributed by atoms with Crippen LogP contribution in [0.15, 0.2) is 22.9 Å². The Labute approximate surface area is 112 Å². The van der Waals surface area contributed by atoms with Crippen molar-refractivity contribution in [3.8, 4) is 11.5 Å². The van der Waals surface area contributed by atoms with Crippen LogP contribution in [-0.2, 0) is 11.2 Å². The average Bonchev–Trinajstić information content (AvgIpc) is 2.76. The van der Waals surface area contributed by atoms with Gasteiger partial charge < -0.3 is 4.52 Å². The maximum Gasteiger partial charge on any atom is 0.234 e. The molecule has 5 heteroatoms. The molecule has 0 amide bonds. The molecular weight excluding hydrogens is 242 g/mol. The Bertz CT molecular complexity index is 576. The van der Waals surface area contributed by atoms with Gasteiger partial charge in [-0.05, 0) is 30.5 Å². The Balaban J connectivity index is 2.09. The van der Waals surface area contributed by atoms with Gasteiger partial charge in [-0.2, -0.15) is 4.98 Å². The van der Waals surface area contributed by atoms with Crippen LogP contribution in [0.4, 0.5) is 0 Å². The first-order valence-electron chi connectivity index (χ1n) is 6.32. The predicted octanol–water partition coefficient (Wildman–Crippen LogP) is 2.60. The molecule has 0 N–H and O–H groups in total. The third-order valence-electron chi connectivity index (χ3n) is 2.60. The van der Waals surface area contributed by atoms with E-state index in [4.69, 9.17) is 4.52 Å². The van der Waals surface area contributed by atoms with Gasteiger partial charge in [0.1, 0.15) is 11.5 Å². The molecule has 2 heterocycles. The summed E-state index contributed by atoms with van der Waals surface area (Å²) in [7, 11) is 0. The topological polar surface area (TPSA) is 68.9 Å². The number of Topliss-reactive ketones (excluding diaryl/α,β-unsaturated/α-hetero) is 1. The second kappa shape index (κ2) is 5.73. The number of rotatable bonds is 5. The Hall–Kier alpha value is -2.04. The second-order valence-corrected chi connectivity index (χ2v) is 5.04. The van der Waals surface area contributed by atoms with Gasteiger partial charge in [-0.3, -0.25) is 9.78 Å². The lowest BCUT2D eigenvalue weighted by molar-refractivity contribution is -0.119. The number of ketones is 1. The molecule has 0 atom stereocenters. The standard InChI is InChI=1S/C14H17N3O2/c1-9(2)6-11(18)8-13-16-14(17-19-13)12-7-10(3)4-5-15-12/h4-5,7,9H,6,8H2,1-3H3. The van der Waals surface area contributed by atoms with Crippen LogP contribution in [-0.4, -0.2) is 20.9 Å². The monoisotopic (exact) mass is 259 g/mol. The second-order valence-electron chi connectivity index (χ2n) is 5.04. The largest absolute Gasteiger partial charge is 0.338 e. The average molecular weight is 259 g/mol. The molecule has 2 aromatic heterocycles. The van der Waals surface area contributed by atoms with Gasteiger partial charge in [0.05, 0.1) is 6.42 Å². The number of nitrogens with zero attached hydrogens (tertiary/aromatic N) is 3. The highest BCUT2D eigenvalue weighted by Gasteiger charge is 2.14. The molecule has 0 spiro atoms. The molecule has 0 unspecified atom stereocenters. The molecule has 2 aromatic rings. The molecule has 0 aliphatic carbocycles. The van der Waals surface area contributed by atoms with E-state index in [9.17, 15) is 4.79 Å². The van der Waals surface area contributed by atoms with E-state index in [0.717, 1.165) is 5.56 Å². The van der Waals surface area contributed by atoms with Crippen molar-refractivity contribution in [1.29, 1.82) is 0 Å². The highest BCUT2D eigenvalue weighted by atomic mass is 16.5. The van der Waals surface area contributed by atoms with Gasteiger partial charge in [-0.1, -0.05) is 19.0 Å². The van der Waals surface area contributed by atoms with Crippen molar-refractivity contribution >= 4 is 5.78 Å². The van der Waals surface area contributed by atoms with E-state index in [-0.39, 0.29) is 12.2 Å². The van der Waals surface area contributed by atoms with Gasteiger partial charge in [0.2, 0.25) is 11.7 Å². The minimum Gasteiger partial charge on any atom is -0.338 e. The normalized spacial score (nSPS) is 10.9. The maximum atomic E-state index is 11.7. The van der Waals surface area contributed by atoms with Gasteiger partial charge in [-0.15, -0.1) is 0 Å². The summed E-state index contributed by atoms with van der Waals surface area (Å²) < 4.78 is 5.09. The number of carbonyl (C=O) groups is 1. The summed E-state index contributed by atoms with van der Waals surface area (Å²) in [6.45, 7) is 5.99. The Morgan fingerprint density at radius 3 is 2.89 bits per heavy atom. The van der Waals surface area contributed by atoms with Gasteiger partial charge in [-0.25, -0.2) is 0 Å². The molecule has 0 aliphatic heterocycles. The van der Waals surface area contributed by atoms with E-state index >= 15 is 0 Å². The van der Waals surface area contributed by atoms with Crippen molar-refractivity contribution in [2.75, 3.05) is 0 Å². The molecule has 0 aliphatic rings. The first kappa shape index (κ1) is 13.4. The third kappa shape index (κ3) is 3.71. The molecule has 0 bridgehead atoms. The SMILES string of the molecule is Cc1ccnc(-c2noc(CC(=O)CC(C)C)n2)c1. The number of aryl methyl sites for hydroxylation is 1. The predicted molar refractivity (Wildman–Crippen MR) is 70.4 cm³/mol. The fraction of sp³-hybridized carbons (Fsp3) is 0.429. The molecule has 0 saturated carbocycles. The van der Waals surface area contributed by atoms with E-state index in [1.807, 2.05) is 32.9 Å². The van der Waals surface area contributed by atoms with Crippen molar-refractivity contribution in [2.24, 2.45) is 5.92 Å². The van der Waals surface area contributed by atoms with Crippen molar-refractivity contribution in [3.63, 3.8) is 0 Å². The fourth-order valence-corrected chi connectivity index (χ4v) is 1.79. The van der Waals surface area contributed by atoms with E-state index in [1.54, 1.807) is 6.20 Å². The Morgan fingerprint density at radius 2 is 2.21 bits per heavy atom. The first-order valence-corrected chi connectivity index (χ1v) is 6.32. The Morgan fingerprint density at radius 1 is 1.42 bits per heavy atom. The number of hydrogen-bond acceptors (Lipinski definition) is 5. The summed E-state index contributed by atoms with van der Waals surface area (Å²) in [6.07, 6.45) is 2.42. The van der Waals surface area contributed by atoms with Crippen molar-refractivity contribution in [3.05, 3.63) is 29.8 Å². The van der Waals surface area contributed by atoms with Gasteiger partial charge in [0, 0.05) is 12.6 Å². The van der Waals surface area contributed by atoms with Crippen LogP contribution in [0.5, 0.6) is 0 Å². The smallest absolute Gasteiger partial charge is 0.234 e. The summed E-state index contributed by atoms with van der Waals surface area (Å²) in [4.78, 5) is 20.1. The van der Waals surface area contributed by atoms with Crippen LogP contribution in [0.2, 0.25) is 0 Å². The quantitative estimate of drug-likeness (QED) is 0.825. The van der Waals surface area contributed by atoms with Crippen LogP contribution in [0, 0.1) is 12.8 Å². The minimum absolute atomic E-state index is 0.113. The molecule has 2 rings (SSSR count). The van der Waals surface area contributed by atoms with Crippen LogP contribution in [0.25, 0.3) is 11.5 Å². The number of aromatic nitrogens is 3. The van der Waals surface area contributed by atoms with Gasteiger partial charge in [0.25, 0.3) is 0 Å². The molecule has 5 nitrogen and oxygen atoms in total. The molecule has 0 radical (unpaired) electrons. The summed E-state index contributed by atoms with van der Waals surface area (Å²) >= 11 is 0. The molecular formula is C14H17N3O2. The van der Waals surface area contributed by atoms with Crippen molar-refractivity contribution in [2.45, 2.75) is 33.6 Å². The zero-order chi connectivity index (χ0) is 13.8. The highest BCUT2D eigenvalue weighted by molar-refractivity contribution is 5.80. The van der Waals surface area contributed by atoms with Crippen molar-refractivity contribution < 1.29 is 9.32 Å². The van der Waals surface area contributed by atoms with Gasteiger partial charge >= 0.3 is 0 Å². The molecule has 100 valence electrons. The van der Waals surface area contributed by atoms with Crippen LogP contribution < -0.4 is 0 Å². The number of carbonyl (C=O) groups excluding carboxylic acids is 1. The van der Waals surface area contributed by atoms with E-state index in [2.05, 4.69) is 15.1 Å². The van der Waals surface area contributed by atoms with Gasteiger partial charge in [0.15, 0.2) is 0 Å². The fourth-order valence-electron chi connectivity index (χ4n) is 1.79. The van der Waals surface area contributed by atoms with Crippen molar-refractivity contribution in [1.82, 2.24) is 15.1 Å². The molecule has 0 saturated heterocycles. The molecule has 0 fully saturated rings. The highest BCUT2D eigenvalue weighted by Crippen LogP contribution is 2.14. The lowest BCUT2D eigenvalue weighted by Crippen LogP contribution is -2.06. The summed E-state index contributed by atoms with van der Waals surface area (Å²) in [5.41, 5.74) is 1.73. The third-order valence-corrected chi connectivity index (χ3v) is 2.60. The van der Waals surface area contributed by atoms with E-state index < -0.39 is 0 Å². The van der Waals surface area contributed by atoms with E-state index in [1.165, 1.54) is 0 Å². The van der Waals surface area contributed by atoms with E-state index in [0.29, 0.717) is 29.7 Å². The van der Waals surface area contributed by atoms with Crippen LogP contribution >= 0.6 is 0 Å².